The number of benzene rings is 1. The van der Waals surface area contributed by atoms with E-state index in [4.69, 9.17) is 4.74 Å². The smallest absolute Gasteiger partial charge is 0.416 e. The second-order valence-electron chi connectivity index (χ2n) is 8.61. The standard InChI is InChI=1S/C23H25F3N2O5S/c1-5-22(3,4)33-21(32)18-15(12(2)29)11-34-20-17(19(31)28(18)20)27-16(30)10-13-6-8-14(9-7-13)23(24,25)26/h5-9,11-12,17-18,20,29H,1,10H2,2-4H3,(H,27,30)/t12?,17?,18?,20-/m0/s1. The number of aliphatic hydroxyl groups is 1. The van der Waals surface area contributed by atoms with E-state index in [-0.39, 0.29) is 6.42 Å². The quantitative estimate of drug-likeness (QED) is 0.341. The van der Waals surface area contributed by atoms with E-state index in [0.29, 0.717) is 11.1 Å². The number of rotatable bonds is 7. The third-order valence-corrected chi connectivity index (χ3v) is 6.73. The van der Waals surface area contributed by atoms with Gasteiger partial charge in [-0.25, -0.2) is 4.79 Å². The van der Waals surface area contributed by atoms with Crippen LogP contribution >= 0.6 is 11.8 Å². The van der Waals surface area contributed by atoms with Crippen LogP contribution in [0.5, 0.6) is 0 Å². The van der Waals surface area contributed by atoms with Crippen LogP contribution in [-0.4, -0.2) is 57.0 Å². The SMILES string of the molecule is C=CC(C)(C)OC(=O)C1C(C(C)O)=CS[C@H]2C(NC(=O)Cc3ccc(C(F)(F)F)cc3)C(=O)N12. The predicted molar refractivity (Wildman–Crippen MR) is 119 cm³/mol. The van der Waals surface area contributed by atoms with Crippen LogP contribution in [0.2, 0.25) is 0 Å². The summed E-state index contributed by atoms with van der Waals surface area (Å²) in [6, 6.07) is 2.11. The van der Waals surface area contributed by atoms with Crippen LogP contribution in [0.4, 0.5) is 13.2 Å². The molecular formula is C23H25F3N2O5S. The molecule has 2 N–H and O–H groups in total. The fraction of sp³-hybridized carbons (Fsp3) is 0.435. The van der Waals surface area contributed by atoms with Crippen LogP contribution in [0.25, 0.3) is 0 Å². The lowest BCUT2D eigenvalue weighted by Crippen LogP contribution is -2.74. The highest BCUT2D eigenvalue weighted by atomic mass is 32.2. The fourth-order valence-electron chi connectivity index (χ4n) is 3.57. The molecule has 1 fully saturated rings. The Hall–Kier alpha value is -2.79. The van der Waals surface area contributed by atoms with Gasteiger partial charge in [-0.3, -0.25) is 9.59 Å². The topological polar surface area (TPSA) is 95.9 Å². The fourth-order valence-corrected chi connectivity index (χ4v) is 4.89. The highest BCUT2D eigenvalue weighted by Gasteiger charge is 2.57. The normalized spacial score (nSPS) is 23.3. The van der Waals surface area contributed by atoms with Crippen molar-refractivity contribution in [2.75, 3.05) is 0 Å². The van der Waals surface area contributed by atoms with E-state index in [0.717, 1.165) is 12.1 Å². The molecule has 3 unspecified atom stereocenters. The minimum absolute atomic E-state index is 0.215. The number of aliphatic hydroxyl groups excluding tert-OH is 1. The summed E-state index contributed by atoms with van der Waals surface area (Å²) in [4.78, 5) is 39.5. The average molecular weight is 499 g/mol. The van der Waals surface area contributed by atoms with Crippen LogP contribution in [0.15, 0.2) is 47.9 Å². The van der Waals surface area contributed by atoms with Crippen molar-refractivity contribution in [3.63, 3.8) is 0 Å². The zero-order valence-corrected chi connectivity index (χ0v) is 19.6. The first kappa shape index (κ1) is 25.8. The molecule has 1 saturated heterocycles. The highest BCUT2D eigenvalue weighted by molar-refractivity contribution is 8.03. The number of carbonyl (C=O) groups excluding carboxylic acids is 3. The number of ether oxygens (including phenoxy) is 1. The lowest BCUT2D eigenvalue weighted by atomic mass is 9.95. The largest absolute Gasteiger partial charge is 0.454 e. The molecule has 34 heavy (non-hydrogen) atoms. The van der Waals surface area contributed by atoms with Gasteiger partial charge in [0.05, 0.1) is 18.1 Å². The van der Waals surface area contributed by atoms with E-state index in [1.54, 1.807) is 19.3 Å². The van der Waals surface area contributed by atoms with Gasteiger partial charge in [-0.2, -0.15) is 13.2 Å². The second kappa shape index (κ2) is 9.46. The lowest BCUT2D eigenvalue weighted by Gasteiger charge is -2.52. The Labute approximate surface area is 199 Å². The van der Waals surface area contributed by atoms with Crippen molar-refractivity contribution in [2.45, 2.75) is 62.5 Å². The molecule has 1 aromatic rings. The molecular weight excluding hydrogens is 473 g/mol. The number of carbonyl (C=O) groups is 3. The minimum Gasteiger partial charge on any atom is -0.454 e. The maximum absolute atomic E-state index is 12.9. The Morgan fingerprint density at radius 2 is 1.91 bits per heavy atom. The Kier molecular flexibility index (Phi) is 7.18. The Bertz CT molecular complexity index is 1020. The third-order valence-electron chi connectivity index (χ3n) is 5.54. The molecule has 2 amide bonds. The molecule has 11 heteroatoms. The number of fused-ring (bicyclic) bond motifs is 1. The van der Waals surface area contributed by atoms with Gasteiger partial charge in [0.1, 0.15) is 17.0 Å². The number of thioether (sulfide) groups is 1. The maximum atomic E-state index is 12.9. The molecule has 7 nitrogen and oxygen atoms in total. The average Bonchev–Trinajstić information content (AvgIpc) is 2.75. The van der Waals surface area contributed by atoms with Gasteiger partial charge in [-0.05, 0) is 55.5 Å². The number of alkyl halides is 3. The summed E-state index contributed by atoms with van der Waals surface area (Å²) in [5, 5.41) is 13.7. The summed E-state index contributed by atoms with van der Waals surface area (Å²) in [7, 11) is 0. The molecule has 3 rings (SSSR count). The number of nitrogens with zero attached hydrogens (tertiary/aromatic N) is 1. The van der Waals surface area contributed by atoms with Crippen molar-refractivity contribution in [1.29, 1.82) is 0 Å². The highest BCUT2D eigenvalue weighted by Crippen LogP contribution is 2.41. The third kappa shape index (κ3) is 5.30. The molecule has 0 saturated carbocycles. The summed E-state index contributed by atoms with van der Waals surface area (Å²) < 4.78 is 43.6. The van der Waals surface area contributed by atoms with Crippen LogP contribution in [0, 0.1) is 0 Å². The van der Waals surface area contributed by atoms with Gasteiger partial charge in [0.2, 0.25) is 11.8 Å². The number of β-lactam (4-membered cyclic amide) rings is 1. The first-order valence-corrected chi connectivity index (χ1v) is 11.4. The van der Waals surface area contributed by atoms with Crippen LogP contribution in [0.1, 0.15) is 31.9 Å². The van der Waals surface area contributed by atoms with Gasteiger partial charge in [-0.15, -0.1) is 11.8 Å². The number of nitrogens with one attached hydrogen (secondary N) is 1. The molecule has 0 spiro atoms. The minimum atomic E-state index is -4.47. The summed E-state index contributed by atoms with van der Waals surface area (Å²) in [6.45, 7) is 8.34. The second-order valence-corrected chi connectivity index (χ2v) is 9.60. The van der Waals surface area contributed by atoms with Crippen LogP contribution in [0.3, 0.4) is 0 Å². The van der Waals surface area contributed by atoms with Crippen molar-refractivity contribution < 1.29 is 37.4 Å². The van der Waals surface area contributed by atoms with Crippen molar-refractivity contribution in [3.05, 3.63) is 59.0 Å². The number of esters is 1. The number of hydrogen-bond donors (Lipinski definition) is 2. The zero-order chi connectivity index (χ0) is 25.4. The first-order chi connectivity index (χ1) is 15.7. The van der Waals surface area contributed by atoms with E-state index in [9.17, 15) is 32.7 Å². The molecule has 0 bridgehead atoms. The Morgan fingerprint density at radius 3 is 2.44 bits per heavy atom. The van der Waals surface area contributed by atoms with Crippen molar-refractivity contribution in [2.24, 2.45) is 0 Å². The summed E-state index contributed by atoms with van der Waals surface area (Å²) >= 11 is 1.17. The monoisotopic (exact) mass is 498 g/mol. The number of amides is 2. The van der Waals surface area contributed by atoms with Gasteiger partial charge >= 0.3 is 12.1 Å². The first-order valence-electron chi connectivity index (χ1n) is 10.4. The Balaban J connectivity index is 1.70. The van der Waals surface area contributed by atoms with Crippen LogP contribution in [-0.2, 0) is 31.7 Å². The molecule has 0 aliphatic carbocycles. The summed E-state index contributed by atoms with van der Waals surface area (Å²) in [5.74, 6) is -1.80. The van der Waals surface area contributed by atoms with Crippen molar-refractivity contribution in [3.8, 4) is 0 Å². The van der Waals surface area contributed by atoms with Crippen molar-refractivity contribution >= 4 is 29.5 Å². The molecule has 2 aliphatic rings. The zero-order valence-electron chi connectivity index (χ0n) is 18.8. The molecule has 184 valence electrons. The predicted octanol–water partition coefficient (Wildman–Crippen LogP) is 2.79. The number of hydrogen-bond acceptors (Lipinski definition) is 6. The van der Waals surface area contributed by atoms with Gasteiger partial charge in [0.25, 0.3) is 0 Å². The molecule has 4 atom stereocenters. The molecule has 0 radical (unpaired) electrons. The van der Waals surface area contributed by atoms with E-state index in [1.165, 1.54) is 41.8 Å². The summed E-state index contributed by atoms with van der Waals surface area (Å²) in [5.41, 5.74) is -1.16. The molecule has 2 heterocycles. The van der Waals surface area contributed by atoms with E-state index in [1.807, 2.05) is 0 Å². The van der Waals surface area contributed by atoms with Crippen molar-refractivity contribution in [1.82, 2.24) is 10.2 Å². The summed E-state index contributed by atoms with van der Waals surface area (Å²) in [6.07, 6.45) is -4.27. The molecule has 1 aromatic carbocycles. The number of halogens is 3. The Morgan fingerprint density at radius 1 is 1.29 bits per heavy atom. The van der Waals surface area contributed by atoms with Gasteiger partial charge < -0.3 is 20.1 Å². The van der Waals surface area contributed by atoms with E-state index < -0.39 is 58.7 Å². The maximum Gasteiger partial charge on any atom is 0.416 e. The lowest BCUT2D eigenvalue weighted by molar-refractivity contribution is -0.169. The van der Waals surface area contributed by atoms with Gasteiger partial charge in [-0.1, -0.05) is 18.7 Å². The van der Waals surface area contributed by atoms with E-state index in [2.05, 4.69) is 11.9 Å². The van der Waals surface area contributed by atoms with Gasteiger partial charge in [0, 0.05) is 0 Å². The van der Waals surface area contributed by atoms with E-state index >= 15 is 0 Å². The van der Waals surface area contributed by atoms with Gasteiger partial charge in [0.15, 0.2) is 6.04 Å². The molecule has 2 aliphatic heterocycles. The van der Waals surface area contributed by atoms with Crippen LogP contribution < -0.4 is 5.32 Å². The molecule has 0 aromatic heterocycles.